The molecule has 2 aromatic rings. The third-order valence-electron chi connectivity index (χ3n) is 2.36. The van der Waals surface area contributed by atoms with Crippen LogP contribution in [0, 0.1) is 0 Å². The number of alkyl halides is 1. The minimum Gasteiger partial charge on any atom is -0.378 e. The molecule has 0 amide bonds. The van der Waals surface area contributed by atoms with Gasteiger partial charge in [-0.05, 0) is 18.2 Å². The monoisotopic (exact) mass is 236 g/mol. The van der Waals surface area contributed by atoms with Crippen molar-refractivity contribution >= 4 is 17.3 Å². The van der Waals surface area contributed by atoms with Crippen molar-refractivity contribution < 1.29 is 0 Å². The number of rotatable bonds is 3. The van der Waals surface area contributed by atoms with E-state index in [9.17, 15) is 0 Å². The Morgan fingerprint density at radius 1 is 1.38 bits per heavy atom. The van der Waals surface area contributed by atoms with Crippen molar-refractivity contribution in [1.82, 2.24) is 14.8 Å². The lowest BCUT2D eigenvalue weighted by Crippen LogP contribution is -2.09. The smallest absolute Gasteiger partial charge is 0.152 e. The van der Waals surface area contributed by atoms with Gasteiger partial charge >= 0.3 is 0 Å². The summed E-state index contributed by atoms with van der Waals surface area (Å²) >= 11 is 5.79. The van der Waals surface area contributed by atoms with Crippen LogP contribution in [-0.4, -0.2) is 28.9 Å². The average molecular weight is 237 g/mol. The molecule has 0 aliphatic rings. The first-order valence-corrected chi connectivity index (χ1v) is 5.48. The van der Waals surface area contributed by atoms with Crippen molar-refractivity contribution in [2.24, 2.45) is 0 Å². The quantitative estimate of drug-likeness (QED) is 0.766. The molecule has 1 heterocycles. The molecule has 0 unspecified atom stereocenters. The van der Waals surface area contributed by atoms with Crippen molar-refractivity contribution in [3.63, 3.8) is 0 Å². The number of hydrogen-bond acceptors (Lipinski definition) is 3. The van der Waals surface area contributed by atoms with Crippen LogP contribution in [-0.2, 0) is 5.88 Å². The van der Waals surface area contributed by atoms with Gasteiger partial charge in [0.15, 0.2) is 5.82 Å². The minimum atomic E-state index is 0.353. The molecule has 0 saturated carbocycles. The van der Waals surface area contributed by atoms with Gasteiger partial charge in [-0.25, -0.2) is 0 Å². The highest BCUT2D eigenvalue weighted by Crippen LogP contribution is 2.18. The molecule has 16 heavy (non-hydrogen) atoms. The molecule has 1 aromatic heterocycles. The Morgan fingerprint density at radius 3 is 2.88 bits per heavy atom. The Morgan fingerprint density at radius 2 is 2.19 bits per heavy atom. The molecule has 4 nitrogen and oxygen atoms in total. The van der Waals surface area contributed by atoms with Gasteiger partial charge in [0.1, 0.15) is 6.33 Å². The van der Waals surface area contributed by atoms with E-state index in [0.717, 1.165) is 17.2 Å². The van der Waals surface area contributed by atoms with Crippen LogP contribution in [0.25, 0.3) is 5.69 Å². The molecule has 0 bridgehead atoms. The largest absolute Gasteiger partial charge is 0.378 e. The number of anilines is 1. The highest BCUT2D eigenvalue weighted by atomic mass is 35.5. The lowest BCUT2D eigenvalue weighted by Gasteiger charge is -2.14. The summed E-state index contributed by atoms with van der Waals surface area (Å²) in [5.74, 6) is 1.10. The fourth-order valence-corrected chi connectivity index (χ4v) is 1.67. The zero-order chi connectivity index (χ0) is 11.5. The lowest BCUT2D eigenvalue weighted by atomic mass is 10.2. The standard InChI is InChI=1S/C11H13ClN4/c1-15(2)9-4-3-5-10(6-9)16-8-13-14-11(16)7-12/h3-6,8H,7H2,1-2H3. The van der Waals surface area contributed by atoms with Gasteiger partial charge in [-0.3, -0.25) is 4.57 Å². The summed E-state index contributed by atoms with van der Waals surface area (Å²) in [5.41, 5.74) is 2.15. The van der Waals surface area contributed by atoms with Crippen LogP contribution >= 0.6 is 11.6 Å². The number of halogens is 1. The van der Waals surface area contributed by atoms with E-state index < -0.39 is 0 Å². The lowest BCUT2D eigenvalue weighted by molar-refractivity contribution is 0.949. The zero-order valence-electron chi connectivity index (χ0n) is 9.26. The topological polar surface area (TPSA) is 34.0 Å². The Hall–Kier alpha value is -1.55. The highest BCUT2D eigenvalue weighted by molar-refractivity contribution is 6.16. The number of benzene rings is 1. The maximum atomic E-state index is 5.79. The molecule has 0 radical (unpaired) electrons. The summed E-state index contributed by atoms with van der Waals surface area (Å²) < 4.78 is 1.89. The van der Waals surface area contributed by atoms with Crippen molar-refractivity contribution in [3.8, 4) is 5.69 Å². The van der Waals surface area contributed by atoms with Crippen molar-refractivity contribution in [2.75, 3.05) is 19.0 Å². The molecule has 1 aromatic carbocycles. The van der Waals surface area contributed by atoms with Gasteiger partial charge in [0, 0.05) is 19.8 Å². The third kappa shape index (κ3) is 2.02. The Bertz CT molecular complexity index is 478. The predicted octanol–water partition coefficient (Wildman–Crippen LogP) is 2.07. The molecule has 0 fully saturated rings. The second-order valence-electron chi connectivity index (χ2n) is 3.67. The molecule has 84 valence electrons. The molecule has 0 atom stereocenters. The van der Waals surface area contributed by atoms with Crippen molar-refractivity contribution in [1.29, 1.82) is 0 Å². The van der Waals surface area contributed by atoms with Crippen molar-refractivity contribution in [3.05, 3.63) is 36.4 Å². The van der Waals surface area contributed by atoms with Gasteiger partial charge in [0.05, 0.1) is 11.6 Å². The maximum absolute atomic E-state index is 5.79. The van der Waals surface area contributed by atoms with E-state index in [1.165, 1.54) is 0 Å². The normalized spacial score (nSPS) is 10.4. The molecule has 0 spiro atoms. The SMILES string of the molecule is CN(C)c1cccc(-n2cnnc2CCl)c1. The first kappa shape index (κ1) is 11.0. The average Bonchev–Trinajstić information content (AvgIpc) is 2.77. The molecular weight excluding hydrogens is 224 g/mol. The van der Waals surface area contributed by atoms with Crippen LogP contribution < -0.4 is 4.90 Å². The van der Waals surface area contributed by atoms with Crippen LogP contribution in [0.1, 0.15) is 5.82 Å². The zero-order valence-corrected chi connectivity index (χ0v) is 10.0. The van der Waals surface area contributed by atoms with Crippen molar-refractivity contribution in [2.45, 2.75) is 5.88 Å². The van der Waals surface area contributed by atoms with Gasteiger partial charge in [0.2, 0.25) is 0 Å². The third-order valence-corrected chi connectivity index (χ3v) is 2.60. The van der Waals surface area contributed by atoms with Crippen LogP contribution in [0.5, 0.6) is 0 Å². The fraction of sp³-hybridized carbons (Fsp3) is 0.273. The molecule has 2 rings (SSSR count). The van der Waals surface area contributed by atoms with Gasteiger partial charge in [-0.1, -0.05) is 6.07 Å². The number of hydrogen-bond donors (Lipinski definition) is 0. The molecule has 0 aliphatic carbocycles. The van der Waals surface area contributed by atoms with Crippen LogP contribution in [0.2, 0.25) is 0 Å². The number of nitrogens with zero attached hydrogens (tertiary/aromatic N) is 4. The predicted molar refractivity (Wildman–Crippen MR) is 65.2 cm³/mol. The van der Waals surface area contributed by atoms with E-state index in [0.29, 0.717) is 5.88 Å². The Kier molecular flexibility index (Phi) is 3.10. The first-order valence-electron chi connectivity index (χ1n) is 4.95. The minimum absolute atomic E-state index is 0.353. The maximum Gasteiger partial charge on any atom is 0.152 e. The number of aromatic nitrogens is 3. The van der Waals surface area contributed by atoms with Gasteiger partial charge in [-0.2, -0.15) is 0 Å². The summed E-state index contributed by atoms with van der Waals surface area (Å²) in [7, 11) is 4.02. The molecule has 0 saturated heterocycles. The molecular formula is C11H13ClN4. The highest BCUT2D eigenvalue weighted by Gasteiger charge is 2.05. The van der Waals surface area contributed by atoms with Crippen LogP contribution in [0.4, 0.5) is 5.69 Å². The van der Waals surface area contributed by atoms with Gasteiger partial charge in [0.25, 0.3) is 0 Å². The second kappa shape index (κ2) is 4.53. The summed E-state index contributed by atoms with van der Waals surface area (Å²) in [5, 5.41) is 7.81. The van der Waals surface area contributed by atoms with E-state index in [1.54, 1.807) is 6.33 Å². The second-order valence-corrected chi connectivity index (χ2v) is 3.93. The summed E-state index contributed by atoms with van der Waals surface area (Å²) in [4.78, 5) is 2.05. The van der Waals surface area contributed by atoms with Crippen LogP contribution in [0.3, 0.4) is 0 Å². The molecule has 0 aliphatic heterocycles. The Balaban J connectivity index is 2.44. The summed E-state index contributed by atoms with van der Waals surface area (Å²) in [6.07, 6.45) is 1.67. The van der Waals surface area contributed by atoms with E-state index >= 15 is 0 Å². The molecule has 5 heteroatoms. The van der Waals surface area contributed by atoms with Gasteiger partial charge in [-0.15, -0.1) is 21.8 Å². The van der Waals surface area contributed by atoms with E-state index in [4.69, 9.17) is 11.6 Å². The summed E-state index contributed by atoms with van der Waals surface area (Å²) in [6, 6.07) is 8.13. The van der Waals surface area contributed by atoms with E-state index in [-0.39, 0.29) is 0 Å². The Labute approximate surface area is 99.5 Å². The summed E-state index contributed by atoms with van der Waals surface area (Å²) in [6.45, 7) is 0. The first-order chi connectivity index (χ1) is 7.72. The van der Waals surface area contributed by atoms with E-state index in [2.05, 4.69) is 16.3 Å². The van der Waals surface area contributed by atoms with E-state index in [1.807, 2.05) is 41.8 Å². The van der Waals surface area contributed by atoms with Crippen LogP contribution in [0.15, 0.2) is 30.6 Å². The van der Waals surface area contributed by atoms with Gasteiger partial charge < -0.3 is 4.90 Å². The molecule has 0 N–H and O–H groups in total. The fourth-order valence-electron chi connectivity index (χ4n) is 1.49.